The number of fused-ring (bicyclic) bond motifs is 1. The average Bonchev–Trinajstić information content (AvgIpc) is 3.18. The Kier molecular flexibility index (Phi) is 6.84. The first-order valence-electron chi connectivity index (χ1n) is 10.1. The minimum absolute atomic E-state index is 0.185. The Bertz CT molecular complexity index is 1160. The Labute approximate surface area is 185 Å². The highest BCUT2D eigenvalue weighted by Gasteiger charge is 2.16. The van der Waals surface area contributed by atoms with Gasteiger partial charge in [0.15, 0.2) is 11.0 Å². The molecule has 31 heavy (non-hydrogen) atoms. The number of hydrogen-bond donors (Lipinski definition) is 0. The van der Waals surface area contributed by atoms with Gasteiger partial charge >= 0.3 is 5.97 Å². The second-order valence-corrected chi connectivity index (χ2v) is 7.77. The van der Waals surface area contributed by atoms with Gasteiger partial charge in [-0.05, 0) is 23.9 Å². The number of carbonyl (C=O) groups excluding carboxylic acids is 1. The van der Waals surface area contributed by atoms with Gasteiger partial charge in [-0.25, -0.2) is 0 Å². The fraction of sp³-hybridized carbons (Fsp3) is 0.208. The molecule has 0 aliphatic carbocycles. The van der Waals surface area contributed by atoms with Gasteiger partial charge in [-0.15, -0.1) is 10.2 Å². The molecule has 4 aromatic rings. The van der Waals surface area contributed by atoms with Crippen molar-refractivity contribution in [1.29, 1.82) is 0 Å². The molecule has 0 aliphatic rings. The summed E-state index contributed by atoms with van der Waals surface area (Å²) in [5.74, 6) is 1.41. The molecular formula is C24H23N3O3S. The third-order valence-electron chi connectivity index (χ3n) is 4.71. The minimum atomic E-state index is -0.268. The second kappa shape index (κ2) is 10.1. The van der Waals surface area contributed by atoms with Crippen molar-refractivity contribution >= 4 is 28.5 Å². The number of nitrogens with zero attached hydrogens (tertiary/aromatic N) is 3. The molecule has 0 N–H and O–H groups in total. The molecule has 0 spiro atoms. The Morgan fingerprint density at radius 1 is 0.968 bits per heavy atom. The van der Waals surface area contributed by atoms with Gasteiger partial charge < -0.3 is 9.47 Å². The fourth-order valence-corrected chi connectivity index (χ4v) is 4.00. The molecular weight excluding hydrogens is 410 g/mol. The van der Waals surface area contributed by atoms with Crippen molar-refractivity contribution in [2.24, 2.45) is 0 Å². The van der Waals surface area contributed by atoms with Crippen molar-refractivity contribution in [3.8, 4) is 5.75 Å². The number of aromatic nitrogens is 3. The molecule has 4 rings (SSSR count). The normalized spacial score (nSPS) is 10.9. The third-order valence-corrected chi connectivity index (χ3v) is 5.65. The maximum absolute atomic E-state index is 11.8. The number of esters is 1. The lowest BCUT2D eigenvalue weighted by Gasteiger charge is -2.12. The number of rotatable bonds is 9. The second-order valence-electron chi connectivity index (χ2n) is 6.83. The highest BCUT2D eigenvalue weighted by molar-refractivity contribution is 7.99. The zero-order valence-corrected chi connectivity index (χ0v) is 18.0. The van der Waals surface area contributed by atoms with Crippen molar-refractivity contribution in [1.82, 2.24) is 14.8 Å². The van der Waals surface area contributed by atoms with E-state index in [-0.39, 0.29) is 18.3 Å². The van der Waals surface area contributed by atoms with E-state index < -0.39 is 0 Å². The summed E-state index contributed by atoms with van der Waals surface area (Å²) < 4.78 is 13.2. The van der Waals surface area contributed by atoms with E-state index in [9.17, 15) is 4.79 Å². The molecule has 0 amide bonds. The van der Waals surface area contributed by atoms with Gasteiger partial charge in [-0.3, -0.25) is 9.36 Å². The van der Waals surface area contributed by atoms with Crippen molar-refractivity contribution in [2.45, 2.75) is 25.2 Å². The largest absolute Gasteiger partial charge is 0.485 e. The molecule has 1 aromatic heterocycles. The predicted octanol–water partition coefficient (Wildman–Crippen LogP) is 4.71. The number of carbonyl (C=O) groups is 1. The van der Waals surface area contributed by atoms with E-state index in [1.807, 2.05) is 53.1 Å². The lowest BCUT2D eigenvalue weighted by molar-refractivity contribution is -0.139. The monoisotopic (exact) mass is 433 g/mol. The van der Waals surface area contributed by atoms with Gasteiger partial charge in [0.25, 0.3) is 0 Å². The standard InChI is InChI=1S/C24H23N3O3S/c1-2-29-23(28)17-31-24-26-25-22(27(24)15-18-9-4-3-5-10-18)16-30-21-14-8-12-19-11-6-7-13-20(19)21/h3-14H,2,15-17H2,1H3. The summed E-state index contributed by atoms with van der Waals surface area (Å²) in [7, 11) is 0. The molecule has 0 aliphatic heterocycles. The molecule has 1 heterocycles. The summed E-state index contributed by atoms with van der Waals surface area (Å²) in [4.78, 5) is 11.8. The quantitative estimate of drug-likeness (QED) is 0.281. The van der Waals surface area contributed by atoms with Crippen LogP contribution in [0.1, 0.15) is 18.3 Å². The van der Waals surface area contributed by atoms with Gasteiger partial charge in [-0.1, -0.05) is 78.5 Å². The molecule has 0 saturated heterocycles. The van der Waals surface area contributed by atoms with Crippen LogP contribution >= 0.6 is 11.8 Å². The van der Waals surface area contributed by atoms with Crippen LogP contribution in [0.25, 0.3) is 10.8 Å². The van der Waals surface area contributed by atoms with Crippen molar-refractivity contribution in [3.05, 3.63) is 84.2 Å². The maximum atomic E-state index is 11.8. The van der Waals surface area contributed by atoms with Gasteiger partial charge in [0.05, 0.1) is 18.9 Å². The summed E-state index contributed by atoms with van der Waals surface area (Å²) in [6.45, 7) is 3.02. The van der Waals surface area contributed by atoms with Crippen LogP contribution in [-0.4, -0.2) is 33.1 Å². The van der Waals surface area contributed by atoms with Gasteiger partial charge in [-0.2, -0.15) is 0 Å². The molecule has 0 saturated carbocycles. The smallest absolute Gasteiger partial charge is 0.316 e. The van der Waals surface area contributed by atoms with Crippen molar-refractivity contribution < 1.29 is 14.3 Å². The molecule has 0 bridgehead atoms. The maximum Gasteiger partial charge on any atom is 0.316 e. The molecule has 7 heteroatoms. The summed E-state index contributed by atoms with van der Waals surface area (Å²) in [5, 5.41) is 11.5. The van der Waals surface area contributed by atoms with Crippen LogP contribution in [0.3, 0.4) is 0 Å². The van der Waals surface area contributed by atoms with Gasteiger partial charge in [0.2, 0.25) is 0 Å². The third kappa shape index (κ3) is 5.24. The molecule has 6 nitrogen and oxygen atoms in total. The Hall–Kier alpha value is -3.32. The highest BCUT2D eigenvalue weighted by atomic mass is 32.2. The summed E-state index contributed by atoms with van der Waals surface area (Å²) in [6, 6.07) is 24.2. The SMILES string of the molecule is CCOC(=O)CSc1nnc(COc2cccc3ccccc23)n1Cc1ccccc1. The summed E-state index contributed by atoms with van der Waals surface area (Å²) >= 11 is 1.32. The van der Waals surface area contributed by atoms with Crippen LogP contribution in [0, 0.1) is 0 Å². The van der Waals surface area contributed by atoms with Crippen molar-refractivity contribution in [3.63, 3.8) is 0 Å². The summed E-state index contributed by atoms with van der Waals surface area (Å²) in [5.41, 5.74) is 1.12. The highest BCUT2D eigenvalue weighted by Crippen LogP contribution is 2.26. The van der Waals surface area contributed by atoms with E-state index in [4.69, 9.17) is 9.47 Å². The lowest BCUT2D eigenvalue weighted by Crippen LogP contribution is -2.11. The van der Waals surface area contributed by atoms with Crippen molar-refractivity contribution in [2.75, 3.05) is 12.4 Å². The van der Waals surface area contributed by atoms with E-state index in [2.05, 4.69) is 34.5 Å². The first kappa shape index (κ1) is 20.9. The van der Waals surface area contributed by atoms with Crippen LogP contribution in [0.2, 0.25) is 0 Å². The number of hydrogen-bond acceptors (Lipinski definition) is 6. The topological polar surface area (TPSA) is 66.2 Å². The first-order chi connectivity index (χ1) is 15.2. The van der Waals surface area contributed by atoms with E-state index >= 15 is 0 Å². The Morgan fingerprint density at radius 2 is 1.74 bits per heavy atom. The van der Waals surface area contributed by atoms with Crippen LogP contribution in [0.15, 0.2) is 78.0 Å². The number of ether oxygens (including phenoxy) is 2. The Balaban J connectivity index is 1.56. The zero-order chi connectivity index (χ0) is 21.5. The number of thioether (sulfide) groups is 1. The van der Waals surface area contributed by atoms with E-state index in [1.54, 1.807) is 6.92 Å². The van der Waals surface area contributed by atoms with E-state index in [0.717, 1.165) is 22.1 Å². The Morgan fingerprint density at radius 3 is 2.58 bits per heavy atom. The predicted molar refractivity (Wildman–Crippen MR) is 121 cm³/mol. The van der Waals surface area contributed by atoms with Crippen LogP contribution in [0.4, 0.5) is 0 Å². The van der Waals surface area contributed by atoms with E-state index in [0.29, 0.717) is 24.1 Å². The fourth-order valence-electron chi connectivity index (χ4n) is 3.25. The molecule has 0 unspecified atom stereocenters. The van der Waals surface area contributed by atoms with E-state index in [1.165, 1.54) is 11.8 Å². The van der Waals surface area contributed by atoms with Crippen LogP contribution in [-0.2, 0) is 22.7 Å². The van der Waals surface area contributed by atoms with Crippen LogP contribution < -0.4 is 4.74 Å². The average molecular weight is 434 g/mol. The molecule has 0 radical (unpaired) electrons. The minimum Gasteiger partial charge on any atom is -0.485 e. The van der Waals surface area contributed by atoms with Gasteiger partial charge in [0.1, 0.15) is 12.4 Å². The summed E-state index contributed by atoms with van der Waals surface area (Å²) in [6.07, 6.45) is 0. The molecule has 0 fully saturated rings. The number of benzene rings is 3. The molecule has 158 valence electrons. The molecule has 3 aromatic carbocycles. The lowest BCUT2D eigenvalue weighted by atomic mass is 10.1. The molecule has 0 atom stereocenters. The van der Waals surface area contributed by atoms with Crippen LogP contribution in [0.5, 0.6) is 5.75 Å². The first-order valence-corrected chi connectivity index (χ1v) is 11.1. The van der Waals surface area contributed by atoms with Gasteiger partial charge in [0, 0.05) is 5.39 Å². The zero-order valence-electron chi connectivity index (χ0n) is 17.2.